The topological polar surface area (TPSA) is 98.5 Å². The molecule has 0 aromatic heterocycles. The lowest BCUT2D eigenvalue weighted by atomic mass is 9.92. The molecule has 0 bridgehead atoms. The van der Waals surface area contributed by atoms with Gasteiger partial charge in [-0.3, -0.25) is 4.79 Å². The van der Waals surface area contributed by atoms with Crippen LogP contribution in [0.1, 0.15) is 32.6 Å². The molecule has 7 heteroatoms. The molecule has 122 valence electrons. The summed E-state index contributed by atoms with van der Waals surface area (Å²) in [4.78, 5) is 11.2. The second-order valence-electron chi connectivity index (χ2n) is 5.75. The molecule has 1 aliphatic carbocycles. The van der Waals surface area contributed by atoms with E-state index in [2.05, 4.69) is 5.32 Å². The molecule has 0 saturated heterocycles. The Hall–Kier alpha value is -1.76. The van der Waals surface area contributed by atoms with Crippen molar-refractivity contribution in [1.82, 2.24) is 0 Å². The third-order valence-corrected chi connectivity index (χ3v) is 4.93. The van der Waals surface area contributed by atoms with Gasteiger partial charge in [-0.1, -0.05) is 0 Å². The van der Waals surface area contributed by atoms with E-state index in [1.165, 1.54) is 13.0 Å². The molecule has 0 aliphatic heterocycles. The number of carbonyl (C=O) groups excluding carboxylic acids is 1. The summed E-state index contributed by atoms with van der Waals surface area (Å²) >= 11 is 0. The molecule has 0 spiro atoms. The minimum Gasteiger partial charge on any atom is -0.463 e. The van der Waals surface area contributed by atoms with E-state index in [-0.39, 0.29) is 23.0 Å². The predicted molar refractivity (Wildman–Crippen MR) is 85.4 cm³/mol. The molecule has 1 aromatic carbocycles. The highest BCUT2D eigenvalue weighted by atomic mass is 32.2. The number of anilines is 2. The van der Waals surface area contributed by atoms with Crippen molar-refractivity contribution in [1.29, 1.82) is 0 Å². The first-order chi connectivity index (χ1) is 10.3. The van der Waals surface area contributed by atoms with Crippen molar-refractivity contribution in [2.24, 2.45) is 0 Å². The Kier molecular flexibility index (Phi) is 4.95. The molecular formula is C15H22N2O4S. The van der Waals surface area contributed by atoms with Crippen LogP contribution >= 0.6 is 0 Å². The lowest BCUT2D eigenvalue weighted by molar-refractivity contribution is -0.147. The first-order valence-corrected chi connectivity index (χ1v) is 9.18. The van der Waals surface area contributed by atoms with Crippen molar-refractivity contribution < 1.29 is 17.9 Å². The van der Waals surface area contributed by atoms with Crippen LogP contribution in [-0.4, -0.2) is 32.8 Å². The van der Waals surface area contributed by atoms with E-state index in [4.69, 9.17) is 10.5 Å². The van der Waals surface area contributed by atoms with Gasteiger partial charge in [0, 0.05) is 19.2 Å². The number of hydrogen-bond acceptors (Lipinski definition) is 6. The minimum atomic E-state index is -3.25. The van der Waals surface area contributed by atoms with Gasteiger partial charge in [0.2, 0.25) is 0 Å². The maximum Gasteiger partial charge on any atom is 0.302 e. The third-order valence-electron chi connectivity index (χ3n) is 3.82. The number of nitrogen functional groups attached to an aromatic ring is 1. The highest BCUT2D eigenvalue weighted by Crippen LogP contribution is 2.28. The fraction of sp³-hybridized carbons (Fsp3) is 0.533. The van der Waals surface area contributed by atoms with E-state index in [9.17, 15) is 13.2 Å². The lowest BCUT2D eigenvalue weighted by Crippen LogP contribution is -2.30. The summed E-state index contributed by atoms with van der Waals surface area (Å²) in [6.07, 6.45) is 4.55. The Morgan fingerprint density at radius 1 is 1.27 bits per heavy atom. The van der Waals surface area contributed by atoms with Gasteiger partial charge in [0.05, 0.1) is 16.3 Å². The fourth-order valence-electron chi connectivity index (χ4n) is 2.68. The van der Waals surface area contributed by atoms with E-state index in [1.54, 1.807) is 12.1 Å². The van der Waals surface area contributed by atoms with Crippen molar-refractivity contribution in [3.8, 4) is 0 Å². The van der Waals surface area contributed by atoms with E-state index < -0.39 is 9.84 Å². The summed E-state index contributed by atoms with van der Waals surface area (Å²) in [7, 11) is -3.25. The zero-order chi connectivity index (χ0) is 16.3. The Morgan fingerprint density at radius 2 is 1.91 bits per heavy atom. The number of rotatable bonds is 4. The standard InChI is InChI=1S/C15H22N2O4S/c1-10(18)21-12-5-3-11(4-6-12)17-15-8-7-13(9-14(15)16)22(2,19)20/h7-9,11-12,17H,3-6,16H2,1-2H3. The average Bonchev–Trinajstić information content (AvgIpc) is 2.41. The maximum atomic E-state index is 11.5. The zero-order valence-corrected chi connectivity index (χ0v) is 13.7. The van der Waals surface area contributed by atoms with E-state index in [0.717, 1.165) is 37.6 Å². The Bertz CT molecular complexity index is 650. The minimum absolute atomic E-state index is 0.000470. The van der Waals surface area contributed by atoms with Crippen molar-refractivity contribution in [3.63, 3.8) is 0 Å². The number of esters is 1. The van der Waals surface area contributed by atoms with Crippen molar-refractivity contribution in [2.45, 2.75) is 49.6 Å². The third kappa shape index (κ3) is 4.37. The van der Waals surface area contributed by atoms with Crippen molar-refractivity contribution >= 4 is 27.2 Å². The quantitative estimate of drug-likeness (QED) is 0.648. The molecule has 1 fully saturated rings. The van der Waals surface area contributed by atoms with Gasteiger partial charge in [0.25, 0.3) is 0 Å². The predicted octanol–water partition coefficient (Wildman–Crippen LogP) is 1.96. The fourth-order valence-corrected chi connectivity index (χ4v) is 3.34. The number of carbonyl (C=O) groups is 1. The van der Waals surface area contributed by atoms with Crippen LogP contribution in [0.4, 0.5) is 11.4 Å². The van der Waals surface area contributed by atoms with Crippen LogP contribution in [0, 0.1) is 0 Å². The zero-order valence-electron chi connectivity index (χ0n) is 12.8. The first-order valence-electron chi connectivity index (χ1n) is 7.29. The van der Waals surface area contributed by atoms with Gasteiger partial charge < -0.3 is 15.8 Å². The molecule has 0 amide bonds. The van der Waals surface area contributed by atoms with Crippen LogP contribution in [0.15, 0.2) is 23.1 Å². The van der Waals surface area contributed by atoms with Crippen LogP contribution in [0.3, 0.4) is 0 Å². The number of nitrogens with one attached hydrogen (secondary N) is 1. The molecule has 3 N–H and O–H groups in total. The van der Waals surface area contributed by atoms with E-state index >= 15 is 0 Å². The Labute approximate surface area is 131 Å². The molecule has 1 aromatic rings. The summed E-state index contributed by atoms with van der Waals surface area (Å²) in [5.41, 5.74) is 7.09. The summed E-state index contributed by atoms with van der Waals surface area (Å²) in [5, 5.41) is 3.34. The molecule has 0 heterocycles. The second kappa shape index (κ2) is 6.56. The van der Waals surface area contributed by atoms with Crippen LogP contribution in [-0.2, 0) is 19.4 Å². The van der Waals surface area contributed by atoms with Crippen molar-refractivity contribution in [2.75, 3.05) is 17.3 Å². The monoisotopic (exact) mass is 326 g/mol. The SMILES string of the molecule is CC(=O)OC1CCC(Nc2ccc(S(C)(=O)=O)cc2N)CC1. The average molecular weight is 326 g/mol. The van der Waals surface area contributed by atoms with Crippen LogP contribution in [0.2, 0.25) is 0 Å². The van der Waals surface area contributed by atoms with Gasteiger partial charge in [-0.2, -0.15) is 0 Å². The molecule has 0 atom stereocenters. The Morgan fingerprint density at radius 3 is 2.41 bits per heavy atom. The van der Waals surface area contributed by atoms with Crippen LogP contribution in [0.25, 0.3) is 0 Å². The largest absolute Gasteiger partial charge is 0.463 e. The highest BCUT2D eigenvalue weighted by molar-refractivity contribution is 7.90. The number of hydrogen-bond donors (Lipinski definition) is 2. The van der Waals surface area contributed by atoms with E-state index in [0.29, 0.717) is 5.69 Å². The molecule has 2 rings (SSSR count). The smallest absolute Gasteiger partial charge is 0.302 e. The first kappa shape index (κ1) is 16.6. The normalized spacial score (nSPS) is 22.1. The second-order valence-corrected chi connectivity index (χ2v) is 7.76. The van der Waals surface area contributed by atoms with Gasteiger partial charge in [-0.25, -0.2) is 8.42 Å². The molecule has 1 aliphatic rings. The van der Waals surface area contributed by atoms with Gasteiger partial charge in [0.1, 0.15) is 6.10 Å². The van der Waals surface area contributed by atoms with E-state index in [1.807, 2.05) is 0 Å². The number of sulfone groups is 1. The molecule has 22 heavy (non-hydrogen) atoms. The number of benzene rings is 1. The summed E-state index contributed by atoms with van der Waals surface area (Å²) < 4.78 is 28.2. The lowest BCUT2D eigenvalue weighted by Gasteiger charge is -2.29. The molecular weight excluding hydrogens is 304 g/mol. The highest BCUT2D eigenvalue weighted by Gasteiger charge is 2.23. The molecule has 6 nitrogen and oxygen atoms in total. The van der Waals surface area contributed by atoms with Crippen molar-refractivity contribution in [3.05, 3.63) is 18.2 Å². The van der Waals surface area contributed by atoms with Crippen LogP contribution < -0.4 is 11.1 Å². The molecule has 0 unspecified atom stereocenters. The summed E-state index contributed by atoms with van der Waals surface area (Å²) in [5.74, 6) is -0.239. The number of ether oxygens (including phenoxy) is 1. The molecule has 0 radical (unpaired) electrons. The van der Waals surface area contributed by atoms with Gasteiger partial charge >= 0.3 is 5.97 Å². The van der Waals surface area contributed by atoms with Gasteiger partial charge in [-0.05, 0) is 43.9 Å². The maximum absolute atomic E-state index is 11.5. The number of nitrogens with two attached hydrogens (primary N) is 1. The van der Waals surface area contributed by atoms with Gasteiger partial charge in [-0.15, -0.1) is 0 Å². The summed E-state index contributed by atoms with van der Waals surface area (Å²) in [6.45, 7) is 1.42. The van der Waals surface area contributed by atoms with Crippen LogP contribution in [0.5, 0.6) is 0 Å². The summed E-state index contributed by atoms with van der Waals surface area (Å²) in [6, 6.07) is 4.98. The van der Waals surface area contributed by atoms with Gasteiger partial charge in [0.15, 0.2) is 9.84 Å². The molecule has 1 saturated carbocycles. The Balaban J connectivity index is 1.97.